The summed E-state index contributed by atoms with van der Waals surface area (Å²) in [6.45, 7) is 1.89. The van der Waals surface area contributed by atoms with Crippen LogP contribution in [0, 0.1) is 0 Å². The minimum atomic E-state index is 0.0585. The molecule has 1 heterocycles. The normalized spacial score (nSPS) is 14.1. The fourth-order valence-corrected chi connectivity index (χ4v) is 2.53. The predicted molar refractivity (Wildman–Crippen MR) is 76.1 cm³/mol. The van der Waals surface area contributed by atoms with E-state index in [1.165, 1.54) is 0 Å². The van der Waals surface area contributed by atoms with Crippen molar-refractivity contribution in [1.82, 2.24) is 0 Å². The lowest BCUT2D eigenvalue weighted by Crippen LogP contribution is -2.06. The van der Waals surface area contributed by atoms with Crippen LogP contribution in [0.15, 0.2) is 48.5 Å². The van der Waals surface area contributed by atoms with E-state index in [0.717, 1.165) is 22.6 Å². The van der Waals surface area contributed by atoms with Crippen molar-refractivity contribution in [2.75, 3.05) is 6.79 Å². The van der Waals surface area contributed by atoms with Crippen molar-refractivity contribution in [2.45, 2.75) is 19.3 Å². The average molecular weight is 268 g/mol. The first-order valence-electron chi connectivity index (χ1n) is 6.68. The smallest absolute Gasteiger partial charge is 0.231 e. The molecule has 3 nitrogen and oxygen atoms in total. The number of fused-ring (bicyclic) bond motifs is 1. The van der Waals surface area contributed by atoms with E-state index < -0.39 is 0 Å². The average Bonchev–Trinajstić information content (AvgIpc) is 2.93. The maximum atomic E-state index is 11.6. The van der Waals surface area contributed by atoms with Crippen LogP contribution in [0.5, 0.6) is 11.5 Å². The Morgan fingerprint density at radius 3 is 2.55 bits per heavy atom. The number of rotatable bonds is 4. The fraction of sp³-hybridized carbons (Fsp3) is 0.235. The minimum absolute atomic E-state index is 0.0585. The van der Waals surface area contributed by atoms with Crippen LogP contribution in [0.25, 0.3) is 0 Å². The first-order valence-corrected chi connectivity index (χ1v) is 6.68. The summed E-state index contributed by atoms with van der Waals surface area (Å²) >= 11 is 0. The molecule has 0 fully saturated rings. The van der Waals surface area contributed by atoms with Crippen LogP contribution < -0.4 is 9.47 Å². The maximum Gasteiger partial charge on any atom is 0.231 e. The van der Waals surface area contributed by atoms with Crippen LogP contribution in [0.3, 0.4) is 0 Å². The summed E-state index contributed by atoms with van der Waals surface area (Å²) in [5.41, 5.74) is 2.22. The van der Waals surface area contributed by atoms with E-state index in [1.807, 2.05) is 36.4 Å². The molecule has 1 aliphatic rings. The third kappa shape index (κ3) is 2.52. The van der Waals surface area contributed by atoms with Gasteiger partial charge in [-0.1, -0.05) is 36.4 Å². The van der Waals surface area contributed by atoms with E-state index in [-0.39, 0.29) is 18.5 Å². The number of carbonyl (C=O) groups excluding carboxylic acids is 1. The molecule has 3 rings (SSSR count). The van der Waals surface area contributed by atoms with Gasteiger partial charge in [-0.2, -0.15) is 0 Å². The molecule has 0 unspecified atom stereocenters. The largest absolute Gasteiger partial charge is 0.454 e. The Bertz CT molecular complexity index is 619. The third-order valence-electron chi connectivity index (χ3n) is 3.49. The van der Waals surface area contributed by atoms with Crippen molar-refractivity contribution < 1.29 is 14.3 Å². The second-order valence-corrected chi connectivity index (χ2v) is 4.98. The molecule has 0 saturated carbocycles. The van der Waals surface area contributed by atoms with Crippen molar-refractivity contribution in [3.8, 4) is 11.5 Å². The lowest BCUT2D eigenvalue weighted by atomic mass is 9.87. The molecule has 0 spiro atoms. The molecule has 0 radical (unpaired) electrons. The molecule has 0 aliphatic carbocycles. The second kappa shape index (κ2) is 5.37. The van der Waals surface area contributed by atoms with Crippen molar-refractivity contribution in [1.29, 1.82) is 0 Å². The number of hydrogen-bond donors (Lipinski definition) is 0. The lowest BCUT2D eigenvalue weighted by Gasteiger charge is -2.17. The van der Waals surface area contributed by atoms with Crippen molar-refractivity contribution in [3.05, 3.63) is 59.7 Å². The van der Waals surface area contributed by atoms with Gasteiger partial charge in [-0.3, -0.25) is 4.79 Å². The van der Waals surface area contributed by atoms with Crippen molar-refractivity contribution in [2.24, 2.45) is 0 Å². The van der Waals surface area contributed by atoms with Crippen molar-refractivity contribution >= 4 is 5.78 Å². The summed E-state index contributed by atoms with van der Waals surface area (Å²) in [6.07, 6.45) is 0.490. The lowest BCUT2D eigenvalue weighted by molar-refractivity contribution is -0.117. The molecule has 2 aromatic rings. The zero-order chi connectivity index (χ0) is 13.9. The molecule has 3 heteroatoms. The molecule has 1 aliphatic heterocycles. The van der Waals surface area contributed by atoms with E-state index in [2.05, 4.69) is 12.1 Å². The topological polar surface area (TPSA) is 35.5 Å². The standard InChI is InChI=1S/C17H16O3/c1-12(18)9-15(13-5-3-2-4-6-13)14-7-8-16-17(10-14)20-11-19-16/h2-8,10,15H,9,11H2,1H3/t15-/m0/s1. The molecule has 0 aromatic heterocycles. The van der Waals surface area contributed by atoms with E-state index in [0.29, 0.717) is 6.42 Å². The van der Waals surface area contributed by atoms with E-state index in [1.54, 1.807) is 6.92 Å². The Balaban J connectivity index is 1.99. The maximum absolute atomic E-state index is 11.6. The second-order valence-electron chi connectivity index (χ2n) is 4.98. The summed E-state index contributed by atoms with van der Waals surface area (Å²) in [6, 6.07) is 16.0. The van der Waals surface area contributed by atoms with E-state index in [9.17, 15) is 4.79 Å². The van der Waals surface area contributed by atoms with Gasteiger partial charge >= 0.3 is 0 Å². The summed E-state index contributed by atoms with van der Waals surface area (Å²) in [7, 11) is 0. The van der Waals surface area contributed by atoms with Gasteiger partial charge in [0.2, 0.25) is 6.79 Å². The Kier molecular flexibility index (Phi) is 3.42. The van der Waals surface area contributed by atoms with Crippen molar-refractivity contribution in [3.63, 3.8) is 0 Å². The highest BCUT2D eigenvalue weighted by atomic mass is 16.7. The summed E-state index contributed by atoms with van der Waals surface area (Å²) in [4.78, 5) is 11.6. The van der Waals surface area contributed by atoms with E-state index >= 15 is 0 Å². The molecule has 2 aromatic carbocycles. The molecular formula is C17H16O3. The van der Waals surface area contributed by atoms with Gasteiger partial charge in [0.25, 0.3) is 0 Å². The molecule has 0 amide bonds. The third-order valence-corrected chi connectivity index (χ3v) is 3.49. The molecular weight excluding hydrogens is 252 g/mol. The monoisotopic (exact) mass is 268 g/mol. The van der Waals surface area contributed by atoms with Gasteiger partial charge in [0, 0.05) is 12.3 Å². The van der Waals surface area contributed by atoms with Gasteiger partial charge in [0.05, 0.1) is 0 Å². The van der Waals surface area contributed by atoms with Crippen LogP contribution in [-0.2, 0) is 4.79 Å². The summed E-state index contributed by atoms with van der Waals surface area (Å²) in [5, 5.41) is 0. The Hall–Kier alpha value is -2.29. The highest BCUT2D eigenvalue weighted by molar-refractivity contribution is 5.77. The number of ether oxygens (including phenoxy) is 2. The van der Waals surface area contributed by atoms with Gasteiger partial charge in [-0.15, -0.1) is 0 Å². The quantitative estimate of drug-likeness (QED) is 0.851. The van der Waals surface area contributed by atoms with Gasteiger partial charge in [-0.05, 0) is 30.2 Å². The molecule has 0 saturated heterocycles. The van der Waals surface area contributed by atoms with Gasteiger partial charge in [0.1, 0.15) is 5.78 Å². The van der Waals surface area contributed by atoms with Crippen LogP contribution in [0.2, 0.25) is 0 Å². The summed E-state index contributed by atoms with van der Waals surface area (Å²) in [5.74, 6) is 1.76. The fourth-order valence-electron chi connectivity index (χ4n) is 2.53. The molecule has 102 valence electrons. The van der Waals surface area contributed by atoms with E-state index in [4.69, 9.17) is 9.47 Å². The Labute approximate surface area is 118 Å². The molecule has 0 bridgehead atoms. The molecule has 0 N–H and O–H groups in total. The first kappa shape index (κ1) is 12.7. The molecule has 1 atom stereocenters. The highest BCUT2D eigenvalue weighted by Crippen LogP contribution is 2.37. The molecule has 20 heavy (non-hydrogen) atoms. The van der Waals surface area contributed by atoms with Gasteiger partial charge in [-0.25, -0.2) is 0 Å². The number of carbonyl (C=O) groups is 1. The Morgan fingerprint density at radius 2 is 1.80 bits per heavy atom. The highest BCUT2D eigenvalue weighted by Gasteiger charge is 2.20. The van der Waals surface area contributed by atoms with Crippen LogP contribution in [0.1, 0.15) is 30.4 Å². The predicted octanol–water partition coefficient (Wildman–Crippen LogP) is 3.53. The van der Waals surface area contributed by atoms with Gasteiger partial charge < -0.3 is 9.47 Å². The SMILES string of the molecule is CC(=O)C[C@@H](c1ccccc1)c1ccc2c(c1)OCO2. The number of Topliss-reactive ketones (excluding diaryl/α,β-unsaturated/α-hetero) is 1. The Morgan fingerprint density at radius 1 is 1.05 bits per heavy atom. The zero-order valence-corrected chi connectivity index (χ0v) is 11.3. The van der Waals surface area contributed by atoms with Gasteiger partial charge in [0.15, 0.2) is 11.5 Å². The van der Waals surface area contributed by atoms with Crippen LogP contribution in [0.4, 0.5) is 0 Å². The number of hydrogen-bond acceptors (Lipinski definition) is 3. The minimum Gasteiger partial charge on any atom is -0.454 e. The first-order chi connectivity index (χ1) is 9.74. The van der Waals surface area contributed by atoms with Crippen LogP contribution >= 0.6 is 0 Å². The van der Waals surface area contributed by atoms with Crippen LogP contribution in [-0.4, -0.2) is 12.6 Å². The zero-order valence-electron chi connectivity index (χ0n) is 11.3. The summed E-state index contributed by atoms with van der Waals surface area (Å²) < 4.78 is 10.8. The number of ketones is 1. The number of benzene rings is 2.